The van der Waals surface area contributed by atoms with E-state index in [0.717, 1.165) is 18.5 Å². The molecule has 156 valence electrons. The van der Waals surface area contributed by atoms with Crippen molar-refractivity contribution in [2.24, 2.45) is 15.4 Å². The minimum atomic E-state index is -5.79. The van der Waals surface area contributed by atoms with Gasteiger partial charge in [0.15, 0.2) is 0 Å². The fourth-order valence-electron chi connectivity index (χ4n) is 2.36. The number of carbonyl (C=O) groups excluding carboxylic acids is 1. The molecule has 3 rings (SSSR count). The molecule has 1 N–H and O–H groups in total. The Hall–Kier alpha value is -3.26. The maximum absolute atomic E-state index is 13.1. The average Bonchev–Trinajstić information content (AvgIpc) is 3.08. The fourth-order valence-corrected chi connectivity index (χ4v) is 2.36. The summed E-state index contributed by atoms with van der Waals surface area (Å²) in [6.45, 7) is -0.598. The number of hydrazone groups is 2. The summed E-state index contributed by atoms with van der Waals surface area (Å²) in [5, 5.41) is 10.7. The third-order valence-corrected chi connectivity index (χ3v) is 3.87. The first-order valence-electron chi connectivity index (χ1n) is 7.60. The Labute approximate surface area is 156 Å². The number of alkyl halides is 6. The predicted molar refractivity (Wildman–Crippen MR) is 82.4 cm³/mol. The minimum absolute atomic E-state index is 0.150. The van der Waals surface area contributed by atoms with Crippen molar-refractivity contribution in [3.8, 4) is 0 Å². The van der Waals surface area contributed by atoms with Gasteiger partial charge in [-0.15, -0.1) is 0 Å². The Kier molecular flexibility index (Phi) is 4.92. The van der Waals surface area contributed by atoms with E-state index < -0.39 is 54.2 Å². The smallest absolute Gasteiger partial charge is 0.369 e. The van der Waals surface area contributed by atoms with Crippen LogP contribution in [-0.2, 0) is 4.84 Å². The number of amides is 2. The fraction of sp³-hybridized carbons (Fsp3) is 0.357. The SMILES string of the molecule is O=C1NN=C(C2=NOC(C(F)(F)F)(C(F)(F)F)C2)CN1N=Cc1cncc(F)c1. The number of oxime groups is 1. The van der Waals surface area contributed by atoms with Crippen molar-refractivity contribution in [3.05, 3.63) is 29.8 Å². The molecule has 29 heavy (non-hydrogen) atoms. The van der Waals surface area contributed by atoms with E-state index in [0.29, 0.717) is 5.01 Å². The number of nitrogens with one attached hydrogen (secondary N) is 1. The maximum atomic E-state index is 13.1. The van der Waals surface area contributed by atoms with Crippen LogP contribution in [-0.4, -0.2) is 58.2 Å². The van der Waals surface area contributed by atoms with Gasteiger partial charge in [-0.1, -0.05) is 5.16 Å². The van der Waals surface area contributed by atoms with Crippen LogP contribution in [0.4, 0.5) is 35.5 Å². The van der Waals surface area contributed by atoms with Gasteiger partial charge < -0.3 is 4.84 Å². The van der Waals surface area contributed by atoms with E-state index in [4.69, 9.17) is 0 Å². The molecule has 15 heteroatoms. The largest absolute Gasteiger partial charge is 0.440 e. The summed E-state index contributed by atoms with van der Waals surface area (Å²) >= 11 is 0. The van der Waals surface area contributed by atoms with Gasteiger partial charge >= 0.3 is 24.0 Å². The highest BCUT2D eigenvalue weighted by Gasteiger charge is 2.76. The van der Waals surface area contributed by atoms with Crippen molar-refractivity contribution in [2.75, 3.05) is 6.54 Å². The van der Waals surface area contributed by atoms with Gasteiger partial charge in [0, 0.05) is 11.8 Å². The molecule has 0 unspecified atom stereocenters. The van der Waals surface area contributed by atoms with E-state index in [2.05, 4.69) is 25.2 Å². The maximum Gasteiger partial charge on any atom is 0.440 e. The van der Waals surface area contributed by atoms with Gasteiger partial charge in [-0.05, 0) is 6.07 Å². The highest BCUT2D eigenvalue weighted by Crippen LogP contribution is 2.50. The highest BCUT2D eigenvalue weighted by atomic mass is 19.4. The summed E-state index contributed by atoms with van der Waals surface area (Å²) in [7, 11) is 0. The molecule has 0 aromatic carbocycles. The molecule has 1 aromatic heterocycles. The van der Waals surface area contributed by atoms with Gasteiger partial charge in [0.05, 0.1) is 25.4 Å². The number of rotatable bonds is 3. The topological polar surface area (TPSA) is 91.5 Å². The Balaban J connectivity index is 1.78. The Bertz CT molecular complexity index is 894. The lowest BCUT2D eigenvalue weighted by Gasteiger charge is -2.30. The van der Waals surface area contributed by atoms with E-state index in [-0.39, 0.29) is 5.56 Å². The predicted octanol–water partition coefficient (Wildman–Crippen LogP) is 2.58. The second-order valence-corrected chi connectivity index (χ2v) is 5.84. The number of aromatic nitrogens is 1. The number of carbonyl (C=O) groups is 1. The molecule has 8 nitrogen and oxygen atoms in total. The summed E-state index contributed by atoms with van der Waals surface area (Å²) in [6, 6.07) is 0.107. The summed E-state index contributed by atoms with van der Waals surface area (Å²) in [6.07, 6.45) is -10.1. The van der Waals surface area contributed by atoms with Gasteiger partial charge in [-0.3, -0.25) is 4.98 Å². The van der Waals surface area contributed by atoms with E-state index in [1.807, 2.05) is 5.43 Å². The van der Waals surface area contributed by atoms with Crippen molar-refractivity contribution in [3.63, 3.8) is 0 Å². The van der Waals surface area contributed by atoms with Crippen LogP contribution in [0.3, 0.4) is 0 Å². The second kappa shape index (κ2) is 6.97. The standard InChI is InChI=1S/C14H9F7N6O2/c15-8-1-7(3-22-5-8)4-23-27-6-10(24-25-11(27)28)9-2-12(29-26-9,13(16,17)18)14(19,20)21/h1,3-5H,2,6H2,(H,25,28). The lowest BCUT2D eigenvalue weighted by molar-refractivity contribution is -0.373. The number of urea groups is 1. The van der Waals surface area contributed by atoms with Crippen molar-refractivity contribution < 1.29 is 40.4 Å². The Morgan fingerprint density at radius 2 is 1.86 bits per heavy atom. The Morgan fingerprint density at radius 1 is 1.17 bits per heavy atom. The number of nitrogens with zero attached hydrogens (tertiary/aromatic N) is 5. The van der Waals surface area contributed by atoms with Gasteiger partial charge in [0.1, 0.15) is 17.2 Å². The Morgan fingerprint density at radius 3 is 2.45 bits per heavy atom. The molecule has 2 amide bonds. The number of halogens is 7. The molecule has 3 heterocycles. The van der Waals surface area contributed by atoms with E-state index in [1.165, 1.54) is 6.20 Å². The third kappa shape index (κ3) is 3.84. The first kappa shape index (κ1) is 20.5. The molecule has 0 atom stereocenters. The quantitative estimate of drug-likeness (QED) is 0.595. The first-order valence-corrected chi connectivity index (χ1v) is 7.60. The molecule has 0 aliphatic carbocycles. The van der Waals surface area contributed by atoms with Crippen LogP contribution < -0.4 is 5.43 Å². The molecule has 2 aliphatic rings. The molecule has 1 aromatic rings. The zero-order valence-corrected chi connectivity index (χ0v) is 13.9. The van der Waals surface area contributed by atoms with Crippen LogP contribution in [0.25, 0.3) is 0 Å². The lowest BCUT2D eigenvalue weighted by Crippen LogP contribution is -2.57. The number of hydrogen-bond donors (Lipinski definition) is 1. The van der Waals surface area contributed by atoms with Crippen LogP contribution in [0.1, 0.15) is 12.0 Å². The number of hydrogen-bond acceptors (Lipinski definition) is 6. The van der Waals surface area contributed by atoms with Crippen molar-refractivity contribution in [1.82, 2.24) is 15.4 Å². The first-order chi connectivity index (χ1) is 13.4. The molecule has 0 saturated heterocycles. The summed E-state index contributed by atoms with van der Waals surface area (Å²) in [5.74, 6) is -0.688. The van der Waals surface area contributed by atoms with Crippen molar-refractivity contribution >= 4 is 23.7 Å². The molecule has 0 bridgehead atoms. The van der Waals surface area contributed by atoms with Gasteiger partial charge in [0.2, 0.25) is 0 Å². The summed E-state index contributed by atoms with van der Waals surface area (Å²) in [5.41, 5.74) is -3.66. The monoisotopic (exact) mass is 426 g/mol. The molecule has 0 fully saturated rings. The highest BCUT2D eigenvalue weighted by molar-refractivity contribution is 6.44. The second-order valence-electron chi connectivity index (χ2n) is 5.84. The van der Waals surface area contributed by atoms with Gasteiger partial charge in [-0.25, -0.2) is 19.6 Å². The normalized spacial score (nSPS) is 19.7. The van der Waals surface area contributed by atoms with E-state index >= 15 is 0 Å². The molecule has 0 saturated carbocycles. The lowest BCUT2D eigenvalue weighted by atomic mass is 9.94. The zero-order chi connectivity index (χ0) is 21.4. The van der Waals surface area contributed by atoms with Crippen LogP contribution in [0, 0.1) is 5.82 Å². The van der Waals surface area contributed by atoms with Gasteiger partial charge in [0.25, 0.3) is 0 Å². The van der Waals surface area contributed by atoms with E-state index in [9.17, 15) is 35.5 Å². The van der Waals surface area contributed by atoms with E-state index in [1.54, 1.807) is 0 Å². The molecule has 0 spiro atoms. The summed E-state index contributed by atoms with van der Waals surface area (Å²) in [4.78, 5) is 19.1. The van der Waals surface area contributed by atoms with Crippen LogP contribution in [0.2, 0.25) is 0 Å². The van der Waals surface area contributed by atoms with Crippen molar-refractivity contribution in [2.45, 2.75) is 24.4 Å². The zero-order valence-electron chi connectivity index (χ0n) is 13.9. The average molecular weight is 426 g/mol. The van der Waals surface area contributed by atoms with Crippen molar-refractivity contribution in [1.29, 1.82) is 0 Å². The molecule has 2 aliphatic heterocycles. The molecular formula is C14H9F7N6O2. The summed E-state index contributed by atoms with van der Waals surface area (Å²) < 4.78 is 91.3. The molecule has 0 radical (unpaired) electrons. The molecular weight excluding hydrogens is 417 g/mol. The van der Waals surface area contributed by atoms with Gasteiger partial charge in [-0.2, -0.15) is 36.5 Å². The van der Waals surface area contributed by atoms with Crippen LogP contribution in [0.15, 0.2) is 33.8 Å². The number of pyridine rings is 1. The third-order valence-electron chi connectivity index (χ3n) is 3.87. The van der Waals surface area contributed by atoms with Crippen LogP contribution >= 0.6 is 0 Å². The minimum Gasteiger partial charge on any atom is -0.369 e. The van der Waals surface area contributed by atoms with Crippen LogP contribution in [0.5, 0.6) is 0 Å².